The molecule has 1 nitrogen and oxygen atoms in total. The van der Waals surface area contributed by atoms with Crippen LogP contribution in [0.25, 0.3) is 0 Å². The van der Waals surface area contributed by atoms with Crippen LogP contribution in [0.4, 0.5) is 0 Å². The fourth-order valence-corrected chi connectivity index (χ4v) is 4.49. The predicted molar refractivity (Wildman–Crippen MR) is 80.4 cm³/mol. The fraction of sp³-hybridized carbons (Fsp3) is 0.625. The number of hydrogen-bond acceptors (Lipinski definition) is 1. The summed E-state index contributed by atoms with van der Waals surface area (Å²) in [5, 5.41) is 0.781. The lowest BCUT2D eigenvalue weighted by atomic mass is 9.78. The quantitative estimate of drug-likeness (QED) is 0.666. The maximum atomic E-state index is 6.81. The lowest BCUT2D eigenvalue weighted by molar-refractivity contribution is 0.249. The maximum absolute atomic E-state index is 6.81. The Morgan fingerprint density at radius 2 is 2.16 bits per heavy atom. The Bertz CT molecular complexity index is 496. The van der Waals surface area contributed by atoms with Gasteiger partial charge in [0.2, 0.25) is 0 Å². The first kappa shape index (κ1) is 13.6. The van der Waals surface area contributed by atoms with Crippen LogP contribution in [0.2, 0.25) is 5.02 Å². The molecule has 0 radical (unpaired) electrons. The van der Waals surface area contributed by atoms with E-state index < -0.39 is 0 Å². The van der Waals surface area contributed by atoms with Gasteiger partial charge in [-0.3, -0.25) is 0 Å². The van der Waals surface area contributed by atoms with Crippen molar-refractivity contribution >= 4 is 23.2 Å². The minimum atomic E-state index is 0.00282. The van der Waals surface area contributed by atoms with Crippen molar-refractivity contribution in [1.82, 2.24) is 0 Å². The topological polar surface area (TPSA) is 9.23 Å². The van der Waals surface area contributed by atoms with Crippen molar-refractivity contribution in [2.24, 2.45) is 11.3 Å². The third-order valence-corrected chi connectivity index (χ3v) is 5.53. The van der Waals surface area contributed by atoms with Crippen LogP contribution in [0.3, 0.4) is 0 Å². The first-order chi connectivity index (χ1) is 8.99. The summed E-state index contributed by atoms with van der Waals surface area (Å²) < 4.78 is 5.79. The van der Waals surface area contributed by atoms with E-state index in [1.54, 1.807) is 0 Å². The molecule has 1 heterocycles. The van der Waals surface area contributed by atoms with Crippen molar-refractivity contribution in [3.63, 3.8) is 0 Å². The molecule has 1 aromatic carbocycles. The number of ether oxygens (including phenoxy) is 1. The van der Waals surface area contributed by atoms with Crippen LogP contribution in [-0.4, -0.2) is 6.61 Å². The molecule has 0 amide bonds. The van der Waals surface area contributed by atoms with Gasteiger partial charge in [-0.2, -0.15) is 0 Å². The Morgan fingerprint density at radius 3 is 2.84 bits per heavy atom. The van der Waals surface area contributed by atoms with Crippen molar-refractivity contribution in [3.8, 4) is 5.75 Å². The smallest absolute Gasteiger partial charge is 0.127 e. The molecule has 104 valence electrons. The van der Waals surface area contributed by atoms with Crippen molar-refractivity contribution < 1.29 is 4.74 Å². The number of benzene rings is 1. The Kier molecular flexibility index (Phi) is 3.47. The highest BCUT2D eigenvalue weighted by molar-refractivity contribution is 6.31. The van der Waals surface area contributed by atoms with E-state index in [2.05, 4.69) is 13.8 Å². The van der Waals surface area contributed by atoms with Crippen LogP contribution in [0, 0.1) is 11.3 Å². The summed E-state index contributed by atoms with van der Waals surface area (Å²) in [4.78, 5) is 0. The standard InChI is InChI=1S/C16H20Cl2O/c1-16(2)6-3-4-13(16)14(18)12-9-11(17)8-10-5-7-19-15(10)12/h8-9,13-14H,3-7H2,1-2H3. The molecule has 0 spiro atoms. The molecule has 1 aliphatic heterocycles. The summed E-state index contributed by atoms with van der Waals surface area (Å²) >= 11 is 13.1. The molecular formula is C16H20Cl2O. The maximum Gasteiger partial charge on any atom is 0.127 e. The molecule has 1 aliphatic carbocycles. The van der Waals surface area contributed by atoms with Gasteiger partial charge in [-0.25, -0.2) is 0 Å². The van der Waals surface area contributed by atoms with Crippen LogP contribution in [-0.2, 0) is 6.42 Å². The van der Waals surface area contributed by atoms with Crippen LogP contribution in [0.1, 0.15) is 49.6 Å². The largest absolute Gasteiger partial charge is 0.493 e. The fourth-order valence-electron chi connectivity index (χ4n) is 3.62. The summed E-state index contributed by atoms with van der Waals surface area (Å²) in [5.41, 5.74) is 2.62. The van der Waals surface area contributed by atoms with Gasteiger partial charge in [-0.15, -0.1) is 11.6 Å². The minimum absolute atomic E-state index is 0.00282. The zero-order valence-corrected chi connectivity index (χ0v) is 13.0. The van der Waals surface area contributed by atoms with Crippen molar-refractivity contribution in [3.05, 3.63) is 28.3 Å². The molecule has 0 bridgehead atoms. The lowest BCUT2D eigenvalue weighted by Crippen LogP contribution is -2.21. The summed E-state index contributed by atoms with van der Waals surface area (Å²) in [5.74, 6) is 1.49. The van der Waals surface area contributed by atoms with Crippen molar-refractivity contribution in [2.45, 2.75) is 44.9 Å². The third-order valence-electron chi connectivity index (χ3n) is 4.77. The van der Waals surface area contributed by atoms with E-state index in [1.165, 1.54) is 24.8 Å². The highest BCUT2D eigenvalue weighted by atomic mass is 35.5. The predicted octanol–water partition coefficient (Wildman–Crippen LogP) is 5.38. The monoisotopic (exact) mass is 298 g/mol. The van der Waals surface area contributed by atoms with E-state index in [-0.39, 0.29) is 5.38 Å². The Morgan fingerprint density at radius 1 is 1.37 bits per heavy atom. The molecule has 3 heteroatoms. The molecular weight excluding hydrogens is 279 g/mol. The van der Waals surface area contributed by atoms with Crippen LogP contribution in [0.5, 0.6) is 5.75 Å². The van der Waals surface area contributed by atoms with Gasteiger partial charge in [0.1, 0.15) is 5.75 Å². The molecule has 1 aromatic rings. The zero-order valence-electron chi connectivity index (χ0n) is 11.5. The van der Waals surface area contributed by atoms with Gasteiger partial charge in [-0.05, 0) is 41.9 Å². The summed E-state index contributed by atoms with van der Waals surface area (Å²) in [7, 11) is 0. The molecule has 2 aliphatic rings. The SMILES string of the molecule is CC1(C)CCCC1C(Cl)c1cc(Cl)cc2c1OCC2. The number of fused-ring (bicyclic) bond motifs is 1. The second-order valence-corrected chi connectivity index (χ2v) is 7.38. The van der Waals surface area contributed by atoms with E-state index >= 15 is 0 Å². The first-order valence-corrected chi connectivity index (χ1v) is 7.90. The van der Waals surface area contributed by atoms with Crippen molar-refractivity contribution in [1.29, 1.82) is 0 Å². The van der Waals surface area contributed by atoms with E-state index in [1.807, 2.05) is 12.1 Å². The Hall–Kier alpha value is -0.400. The lowest BCUT2D eigenvalue weighted by Gasteiger charge is -2.31. The Balaban J connectivity index is 1.98. The summed E-state index contributed by atoms with van der Waals surface area (Å²) in [6.07, 6.45) is 4.66. The second-order valence-electron chi connectivity index (χ2n) is 6.47. The minimum Gasteiger partial charge on any atom is -0.493 e. The normalized spacial score (nSPS) is 26.0. The molecule has 1 saturated carbocycles. The molecule has 0 aromatic heterocycles. The van der Waals surface area contributed by atoms with Gasteiger partial charge in [0.25, 0.3) is 0 Å². The van der Waals surface area contributed by atoms with Crippen molar-refractivity contribution in [2.75, 3.05) is 6.61 Å². The van der Waals surface area contributed by atoms with E-state index in [9.17, 15) is 0 Å². The average molecular weight is 299 g/mol. The Labute approximate surface area is 125 Å². The molecule has 19 heavy (non-hydrogen) atoms. The summed E-state index contributed by atoms with van der Waals surface area (Å²) in [6.45, 7) is 5.40. The van der Waals surface area contributed by atoms with Gasteiger partial charge < -0.3 is 4.74 Å². The number of hydrogen-bond donors (Lipinski definition) is 0. The van der Waals surface area contributed by atoms with E-state index in [4.69, 9.17) is 27.9 Å². The number of halogens is 2. The average Bonchev–Trinajstić information content (AvgIpc) is 2.92. The molecule has 1 fully saturated rings. The highest BCUT2D eigenvalue weighted by Crippen LogP contribution is 2.53. The summed E-state index contributed by atoms with van der Waals surface area (Å²) in [6, 6.07) is 4.01. The van der Waals surface area contributed by atoms with E-state index in [0.717, 1.165) is 29.4 Å². The second kappa shape index (κ2) is 4.86. The molecule has 3 rings (SSSR count). The molecule has 2 unspecified atom stereocenters. The van der Waals surface area contributed by atoms with Gasteiger partial charge in [0.05, 0.1) is 12.0 Å². The molecule has 0 saturated heterocycles. The van der Waals surface area contributed by atoms with Crippen LogP contribution in [0.15, 0.2) is 12.1 Å². The first-order valence-electron chi connectivity index (χ1n) is 7.08. The van der Waals surface area contributed by atoms with Gasteiger partial charge in [0, 0.05) is 17.0 Å². The van der Waals surface area contributed by atoms with Gasteiger partial charge in [-0.1, -0.05) is 31.9 Å². The molecule has 0 N–H and O–H groups in total. The third kappa shape index (κ3) is 2.36. The zero-order chi connectivity index (χ0) is 13.6. The van der Waals surface area contributed by atoms with Crippen LogP contribution < -0.4 is 4.74 Å². The highest BCUT2D eigenvalue weighted by Gasteiger charge is 2.40. The number of rotatable bonds is 2. The van der Waals surface area contributed by atoms with Gasteiger partial charge in [0.15, 0.2) is 0 Å². The van der Waals surface area contributed by atoms with E-state index in [0.29, 0.717) is 11.3 Å². The van der Waals surface area contributed by atoms with Gasteiger partial charge >= 0.3 is 0 Å². The van der Waals surface area contributed by atoms with Crippen LogP contribution >= 0.6 is 23.2 Å². The number of alkyl halides is 1. The molecule has 2 atom stereocenters.